The average molecular weight is 314 g/mol. The molecule has 0 saturated heterocycles. The van der Waals surface area contributed by atoms with Gasteiger partial charge in [-0.25, -0.2) is 8.42 Å². The minimum Gasteiger partial charge on any atom is -0.349 e. The lowest BCUT2D eigenvalue weighted by molar-refractivity contribution is -0.124. The van der Waals surface area contributed by atoms with Crippen LogP contribution in [0.15, 0.2) is 0 Å². The highest BCUT2D eigenvalue weighted by molar-refractivity contribution is 9.09. The van der Waals surface area contributed by atoms with Gasteiger partial charge in [-0.2, -0.15) is 0 Å². The molecule has 0 rings (SSSR count). The first-order valence-corrected chi connectivity index (χ1v) is 7.79. The van der Waals surface area contributed by atoms with E-state index in [-0.39, 0.29) is 4.83 Å². The molecule has 0 fully saturated rings. The van der Waals surface area contributed by atoms with Crippen LogP contribution in [0.5, 0.6) is 0 Å². The molecule has 16 heavy (non-hydrogen) atoms. The Morgan fingerprint density at radius 1 is 1.25 bits per heavy atom. The van der Waals surface area contributed by atoms with Gasteiger partial charge in [0.1, 0.15) is 4.75 Å². The highest BCUT2D eigenvalue weighted by atomic mass is 79.9. The Balaban J connectivity index is 5.00. The van der Waals surface area contributed by atoms with E-state index in [1.165, 1.54) is 13.8 Å². The Morgan fingerprint density at radius 3 is 1.88 bits per heavy atom. The number of alkyl halides is 1. The van der Waals surface area contributed by atoms with Crippen LogP contribution in [-0.4, -0.2) is 35.7 Å². The second kappa shape index (κ2) is 4.64. The number of nitrogens with one attached hydrogen (secondary N) is 1. The van der Waals surface area contributed by atoms with Crippen molar-refractivity contribution in [2.45, 2.75) is 49.7 Å². The minimum absolute atomic E-state index is 0.0410. The smallest absolute Gasteiger partial charge is 0.241 e. The summed E-state index contributed by atoms with van der Waals surface area (Å²) in [5.74, 6) is -0.480. The molecule has 1 unspecified atom stereocenters. The summed E-state index contributed by atoms with van der Waals surface area (Å²) >= 11 is 3.38. The van der Waals surface area contributed by atoms with E-state index in [4.69, 9.17) is 0 Å². The van der Waals surface area contributed by atoms with E-state index < -0.39 is 26.0 Å². The van der Waals surface area contributed by atoms with E-state index in [0.717, 1.165) is 6.26 Å². The quantitative estimate of drug-likeness (QED) is 0.800. The van der Waals surface area contributed by atoms with Crippen molar-refractivity contribution in [2.24, 2.45) is 0 Å². The molecule has 1 N–H and O–H groups in total. The van der Waals surface area contributed by atoms with Gasteiger partial charge >= 0.3 is 0 Å². The second-order valence-corrected chi connectivity index (χ2v) is 9.01. The number of halogens is 1. The average Bonchev–Trinajstić information content (AvgIpc) is 2.00. The number of carbonyl (C=O) groups excluding carboxylic acids is 1. The van der Waals surface area contributed by atoms with E-state index >= 15 is 0 Å². The number of sulfone groups is 1. The molecule has 0 aromatic rings. The second-order valence-electron chi connectivity index (χ2n) is 5.07. The Morgan fingerprint density at radius 2 is 1.62 bits per heavy atom. The Kier molecular flexibility index (Phi) is 4.61. The standard InChI is InChI=1S/C10H20BrNO3S/c1-7(11)9(2,3)12-8(13)10(4,5)16(6,14)15/h7H,1-6H3,(H,12,13). The first-order chi connectivity index (χ1) is 6.82. The fourth-order valence-corrected chi connectivity index (χ4v) is 1.21. The largest absolute Gasteiger partial charge is 0.349 e. The monoisotopic (exact) mass is 313 g/mol. The predicted octanol–water partition coefficient (Wildman–Crippen LogP) is 1.49. The summed E-state index contributed by atoms with van der Waals surface area (Å²) in [6, 6.07) is 0. The van der Waals surface area contributed by atoms with Crippen molar-refractivity contribution in [2.75, 3.05) is 6.26 Å². The number of carbonyl (C=O) groups is 1. The summed E-state index contributed by atoms with van der Waals surface area (Å²) in [4.78, 5) is 12.0. The summed E-state index contributed by atoms with van der Waals surface area (Å²) in [5, 5.41) is 2.74. The molecule has 1 atom stereocenters. The summed E-state index contributed by atoms with van der Waals surface area (Å²) in [6.45, 7) is 8.39. The maximum atomic E-state index is 11.9. The topological polar surface area (TPSA) is 63.2 Å². The number of amides is 1. The van der Waals surface area contributed by atoms with Gasteiger partial charge in [0.15, 0.2) is 9.84 Å². The SMILES string of the molecule is CC(Br)C(C)(C)NC(=O)C(C)(C)S(C)(=O)=O. The lowest BCUT2D eigenvalue weighted by Gasteiger charge is -2.33. The molecule has 0 radical (unpaired) electrons. The van der Waals surface area contributed by atoms with E-state index in [1.54, 1.807) is 0 Å². The van der Waals surface area contributed by atoms with Crippen LogP contribution >= 0.6 is 15.9 Å². The van der Waals surface area contributed by atoms with Gasteiger partial charge in [-0.15, -0.1) is 0 Å². The van der Waals surface area contributed by atoms with Crippen molar-refractivity contribution < 1.29 is 13.2 Å². The molecule has 6 heteroatoms. The molecule has 0 heterocycles. The van der Waals surface area contributed by atoms with Gasteiger partial charge in [-0.3, -0.25) is 4.79 Å². The van der Waals surface area contributed by atoms with Crippen LogP contribution in [0.25, 0.3) is 0 Å². The van der Waals surface area contributed by atoms with E-state index in [2.05, 4.69) is 21.2 Å². The highest BCUT2D eigenvalue weighted by Crippen LogP contribution is 2.21. The molecule has 0 aromatic carbocycles. The molecule has 96 valence electrons. The van der Waals surface area contributed by atoms with E-state index in [0.29, 0.717) is 0 Å². The van der Waals surface area contributed by atoms with Crippen molar-refractivity contribution in [3.8, 4) is 0 Å². The van der Waals surface area contributed by atoms with Crippen molar-refractivity contribution >= 4 is 31.7 Å². The van der Waals surface area contributed by atoms with Crippen LogP contribution in [-0.2, 0) is 14.6 Å². The molecule has 4 nitrogen and oxygen atoms in total. The Labute approximate surface area is 106 Å². The summed E-state index contributed by atoms with van der Waals surface area (Å²) < 4.78 is 21.5. The zero-order chi connectivity index (χ0) is 13.4. The van der Waals surface area contributed by atoms with Crippen LogP contribution in [0.2, 0.25) is 0 Å². The number of hydrogen-bond acceptors (Lipinski definition) is 3. The maximum absolute atomic E-state index is 11.9. The molecule has 0 aliphatic heterocycles. The first kappa shape index (κ1) is 15.9. The maximum Gasteiger partial charge on any atom is 0.241 e. The molecule has 1 amide bonds. The lowest BCUT2D eigenvalue weighted by atomic mass is 10.0. The Bertz CT molecular complexity index is 372. The van der Waals surface area contributed by atoms with Crippen LogP contribution in [0.4, 0.5) is 0 Å². The summed E-state index contributed by atoms with van der Waals surface area (Å²) in [7, 11) is -3.43. The van der Waals surface area contributed by atoms with Crippen molar-refractivity contribution in [3.63, 3.8) is 0 Å². The van der Waals surface area contributed by atoms with Crippen molar-refractivity contribution in [3.05, 3.63) is 0 Å². The normalized spacial score (nSPS) is 15.7. The van der Waals surface area contributed by atoms with Gasteiger partial charge in [0.05, 0.1) is 0 Å². The third kappa shape index (κ3) is 3.45. The van der Waals surface area contributed by atoms with Crippen LogP contribution < -0.4 is 5.32 Å². The number of rotatable bonds is 4. The van der Waals surface area contributed by atoms with Crippen molar-refractivity contribution in [1.82, 2.24) is 5.32 Å². The fraction of sp³-hybridized carbons (Fsp3) is 0.900. The molecule has 0 aliphatic rings. The van der Waals surface area contributed by atoms with Gasteiger partial charge < -0.3 is 5.32 Å². The van der Waals surface area contributed by atoms with E-state index in [9.17, 15) is 13.2 Å². The minimum atomic E-state index is -3.43. The molecular formula is C10H20BrNO3S. The molecule has 0 bridgehead atoms. The first-order valence-electron chi connectivity index (χ1n) is 4.98. The molecular weight excluding hydrogens is 294 g/mol. The molecule has 0 aromatic heterocycles. The van der Waals surface area contributed by atoms with Gasteiger partial charge in [0.2, 0.25) is 5.91 Å². The fourth-order valence-electron chi connectivity index (χ4n) is 0.711. The van der Waals surface area contributed by atoms with Gasteiger partial charge in [0.25, 0.3) is 0 Å². The van der Waals surface area contributed by atoms with Gasteiger partial charge in [0, 0.05) is 16.6 Å². The highest BCUT2D eigenvalue weighted by Gasteiger charge is 2.41. The molecule has 0 aliphatic carbocycles. The number of hydrogen-bond donors (Lipinski definition) is 1. The Hall–Kier alpha value is -0.100. The zero-order valence-corrected chi connectivity index (χ0v) is 13.0. The molecule has 0 saturated carbocycles. The van der Waals surface area contributed by atoms with E-state index in [1.807, 2.05) is 20.8 Å². The van der Waals surface area contributed by atoms with Crippen LogP contribution in [0.3, 0.4) is 0 Å². The summed E-state index contributed by atoms with van der Waals surface area (Å²) in [5.41, 5.74) is -0.501. The van der Waals surface area contributed by atoms with Crippen molar-refractivity contribution in [1.29, 1.82) is 0 Å². The summed E-state index contributed by atoms with van der Waals surface area (Å²) in [6.07, 6.45) is 1.07. The zero-order valence-electron chi connectivity index (χ0n) is 10.6. The third-order valence-corrected chi connectivity index (χ3v) is 6.09. The van der Waals surface area contributed by atoms with Gasteiger partial charge in [-0.05, 0) is 27.7 Å². The van der Waals surface area contributed by atoms with Crippen LogP contribution in [0, 0.1) is 0 Å². The van der Waals surface area contributed by atoms with Crippen LogP contribution in [0.1, 0.15) is 34.6 Å². The van der Waals surface area contributed by atoms with Gasteiger partial charge in [-0.1, -0.05) is 22.9 Å². The lowest BCUT2D eigenvalue weighted by Crippen LogP contribution is -2.57. The third-order valence-electron chi connectivity index (χ3n) is 2.90. The molecule has 0 spiro atoms. The predicted molar refractivity (Wildman–Crippen MR) is 69.5 cm³/mol.